The van der Waals surface area contributed by atoms with Crippen molar-refractivity contribution in [2.75, 3.05) is 13.1 Å². The first-order chi connectivity index (χ1) is 9.08. The molecular weight excluding hydrogens is 267 g/mol. The first-order valence-corrected chi connectivity index (χ1v) is 6.92. The number of hydrogen-bond acceptors (Lipinski definition) is 2. The maximum Gasteiger partial charge on any atom is 0.223 e. The summed E-state index contributed by atoms with van der Waals surface area (Å²) in [6, 6.07) is 4.41. The summed E-state index contributed by atoms with van der Waals surface area (Å²) in [6.07, 6.45) is 1.71. The smallest absolute Gasteiger partial charge is 0.223 e. The summed E-state index contributed by atoms with van der Waals surface area (Å²) < 4.78 is 13.4. The molecule has 1 unspecified atom stereocenters. The quantitative estimate of drug-likeness (QED) is 0.896. The van der Waals surface area contributed by atoms with Crippen molar-refractivity contribution in [2.24, 2.45) is 5.92 Å². The van der Waals surface area contributed by atoms with Crippen LogP contribution in [0.1, 0.15) is 31.4 Å². The Balaban J connectivity index is 1.97. The molecule has 1 saturated heterocycles. The fourth-order valence-corrected chi connectivity index (χ4v) is 2.40. The highest BCUT2D eigenvalue weighted by molar-refractivity contribution is 6.30. The van der Waals surface area contributed by atoms with Gasteiger partial charge in [0, 0.05) is 5.92 Å². The summed E-state index contributed by atoms with van der Waals surface area (Å²) >= 11 is 5.64. The molecule has 0 aromatic heterocycles. The summed E-state index contributed by atoms with van der Waals surface area (Å²) in [5, 5.41) is 6.26. The average molecular weight is 285 g/mol. The van der Waals surface area contributed by atoms with Crippen molar-refractivity contribution in [2.45, 2.75) is 25.8 Å². The van der Waals surface area contributed by atoms with E-state index < -0.39 is 5.82 Å². The molecule has 1 aliphatic rings. The Morgan fingerprint density at radius 2 is 2.16 bits per heavy atom. The van der Waals surface area contributed by atoms with Gasteiger partial charge in [-0.25, -0.2) is 4.39 Å². The van der Waals surface area contributed by atoms with Crippen molar-refractivity contribution in [3.8, 4) is 0 Å². The van der Waals surface area contributed by atoms with Crippen molar-refractivity contribution in [3.05, 3.63) is 34.6 Å². The van der Waals surface area contributed by atoms with Crippen LogP contribution >= 0.6 is 11.6 Å². The van der Waals surface area contributed by atoms with Gasteiger partial charge in [-0.05, 0) is 50.6 Å². The molecule has 1 aromatic rings. The third-order valence-electron chi connectivity index (χ3n) is 3.51. The van der Waals surface area contributed by atoms with Gasteiger partial charge in [-0.1, -0.05) is 17.7 Å². The molecule has 2 rings (SSSR count). The second kappa shape index (κ2) is 6.35. The zero-order valence-corrected chi connectivity index (χ0v) is 11.6. The highest BCUT2D eigenvalue weighted by atomic mass is 35.5. The normalized spacial score (nSPS) is 18.1. The lowest BCUT2D eigenvalue weighted by molar-refractivity contribution is -0.126. The predicted molar refractivity (Wildman–Crippen MR) is 73.6 cm³/mol. The second-order valence-electron chi connectivity index (χ2n) is 4.93. The lowest BCUT2D eigenvalue weighted by atomic mass is 9.96. The molecule has 0 spiro atoms. The standard InChI is InChI=1S/C14H18ClFN2O/c1-9(11-2-3-12(15)13(16)8-11)18-14(19)10-4-6-17-7-5-10/h2-3,8-10,17H,4-7H2,1H3,(H,18,19). The Morgan fingerprint density at radius 3 is 2.79 bits per heavy atom. The lowest BCUT2D eigenvalue weighted by Gasteiger charge is -2.24. The van der Waals surface area contributed by atoms with E-state index >= 15 is 0 Å². The van der Waals surface area contributed by atoms with Crippen molar-refractivity contribution in [1.29, 1.82) is 0 Å². The number of amides is 1. The molecular formula is C14H18ClFN2O. The molecule has 104 valence electrons. The molecule has 1 fully saturated rings. The van der Waals surface area contributed by atoms with Gasteiger partial charge in [0.05, 0.1) is 11.1 Å². The monoisotopic (exact) mass is 284 g/mol. The van der Waals surface area contributed by atoms with Crippen molar-refractivity contribution >= 4 is 17.5 Å². The molecule has 1 atom stereocenters. The fraction of sp³-hybridized carbons (Fsp3) is 0.500. The molecule has 0 bridgehead atoms. The van der Waals surface area contributed by atoms with E-state index in [9.17, 15) is 9.18 Å². The highest BCUT2D eigenvalue weighted by Crippen LogP contribution is 2.21. The van der Waals surface area contributed by atoms with Gasteiger partial charge in [0.15, 0.2) is 0 Å². The number of rotatable bonds is 3. The predicted octanol–water partition coefficient (Wildman–Crippen LogP) is 2.66. The molecule has 0 saturated carbocycles. The van der Waals surface area contributed by atoms with E-state index in [0.717, 1.165) is 31.5 Å². The molecule has 3 nitrogen and oxygen atoms in total. The third kappa shape index (κ3) is 3.67. The van der Waals surface area contributed by atoms with Gasteiger partial charge in [-0.15, -0.1) is 0 Å². The van der Waals surface area contributed by atoms with E-state index in [4.69, 9.17) is 11.6 Å². The van der Waals surface area contributed by atoms with E-state index in [1.165, 1.54) is 12.1 Å². The number of benzene rings is 1. The molecule has 0 radical (unpaired) electrons. The van der Waals surface area contributed by atoms with Crippen LogP contribution in [0.25, 0.3) is 0 Å². The minimum absolute atomic E-state index is 0.0457. The Morgan fingerprint density at radius 1 is 1.47 bits per heavy atom. The summed E-state index contributed by atoms with van der Waals surface area (Å²) in [5.41, 5.74) is 0.726. The van der Waals surface area contributed by atoms with E-state index in [2.05, 4.69) is 10.6 Å². The van der Waals surface area contributed by atoms with Crippen LogP contribution in [-0.2, 0) is 4.79 Å². The van der Waals surface area contributed by atoms with Crippen LogP contribution < -0.4 is 10.6 Å². The van der Waals surface area contributed by atoms with Gasteiger partial charge >= 0.3 is 0 Å². The maximum absolute atomic E-state index is 13.4. The maximum atomic E-state index is 13.4. The fourth-order valence-electron chi connectivity index (χ4n) is 2.28. The van der Waals surface area contributed by atoms with Crippen molar-refractivity contribution in [3.63, 3.8) is 0 Å². The van der Waals surface area contributed by atoms with E-state index in [1.54, 1.807) is 6.07 Å². The van der Waals surface area contributed by atoms with E-state index in [1.807, 2.05) is 6.92 Å². The van der Waals surface area contributed by atoms with Crippen LogP contribution in [-0.4, -0.2) is 19.0 Å². The third-order valence-corrected chi connectivity index (χ3v) is 3.82. The van der Waals surface area contributed by atoms with Gasteiger partial charge < -0.3 is 10.6 Å². The van der Waals surface area contributed by atoms with Crippen LogP contribution in [0.4, 0.5) is 4.39 Å². The van der Waals surface area contributed by atoms with Crippen LogP contribution in [0.2, 0.25) is 5.02 Å². The molecule has 1 heterocycles. The molecule has 2 N–H and O–H groups in total. The minimum Gasteiger partial charge on any atom is -0.349 e. The lowest BCUT2D eigenvalue weighted by Crippen LogP contribution is -2.39. The summed E-state index contributed by atoms with van der Waals surface area (Å²) in [6.45, 7) is 3.60. The number of hydrogen-bond donors (Lipinski definition) is 2. The topological polar surface area (TPSA) is 41.1 Å². The van der Waals surface area contributed by atoms with Gasteiger partial charge in [0.1, 0.15) is 5.82 Å². The molecule has 1 aromatic carbocycles. The molecule has 5 heteroatoms. The molecule has 1 aliphatic heterocycles. The second-order valence-corrected chi connectivity index (χ2v) is 5.34. The van der Waals surface area contributed by atoms with Crippen molar-refractivity contribution < 1.29 is 9.18 Å². The van der Waals surface area contributed by atoms with Crippen molar-refractivity contribution in [1.82, 2.24) is 10.6 Å². The first-order valence-electron chi connectivity index (χ1n) is 6.54. The molecule has 1 amide bonds. The first kappa shape index (κ1) is 14.3. The van der Waals surface area contributed by atoms with E-state index in [0.29, 0.717) is 0 Å². The zero-order valence-electron chi connectivity index (χ0n) is 10.9. The van der Waals surface area contributed by atoms with Gasteiger partial charge in [0.25, 0.3) is 0 Å². The zero-order chi connectivity index (χ0) is 13.8. The minimum atomic E-state index is -0.456. The number of nitrogens with one attached hydrogen (secondary N) is 2. The highest BCUT2D eigenvalue weighted by Gasteiger charge is 2.22. The number of carbonyl (C=O) groups is 1. The molecule has 19 heavy (non-hydrogen) atoms. The Kier molecular flexibility index (Phi) is 4.77. The van der Waals surface area contributed by atoms with Crippen LogP contribution in [0.15, 0.2) is 18.2 Å². The van der Waals surface area contributed by atoms with Crippen LogP contribution in [0.3, 0.4) is 0 Å². The largest absolute Gasteiger partial charge is 0.349 e. The summed E-state index contributed by atoms with van der Waals surface area (Å²) in [5.74, 6) is -0.354. The summed E-state index contributed by atoms with van der Waals surface area (Å²) in [4.78, 5) is 12.1. The number of piperidine rings is 1. The summed E-state index contributed by atoms with van der Waals surface area (Å²) in [7, 11) is 0. The average Bonchev–Trinajstić information content (AvgIpc) is 2.42. The van der Waals surface area contributed by atoms with E-state index in [-0.39, 0.29) is 22.9 Å². The van der Waals surface area contributed by atoms with Crippen LogP contribution in [0.5, 0.6) is 0 Å². The van der Waals surface area contributed by atoms with Crippen LogP contribution in [0, 0.1) is 11.7 Å². The van der Waals surface area contributed by atoms with Gasteiger partial charge in [-0.3, -0.25) is 4.79 Å². The number of carbonyl (C=O) groups excluding carboxylic acids is 1. The number of halogens is 2. The van der Waals surface area contributed by atoms with Gasteiger partial charge in [-0.2, -0.15) is 0 Å². The SMILES string of the molecule is CC(NC(=O)C1CCNCC1)c1ccc(Cl)c(F)c1. The molecule has 0 aliphatic carbocycles. The Hall–Kier alpha value is -1.13. The Bertz CT molecular complexity index is 461. The van der Waals surface area contributed by atoms with Gasteiger partial charge in [0.2, 0.25) is 5.91 Å². The Labute approximate surface area is 117 Å².